The van der Waals surface area contributed by atoms with Crippen LogP contribution in [-0.4, -0.2) is 7.85 Å². The normalized spacial score (nSPS) is 10.1. The van der Waals surface area contributed by atoms with E-state index in [0.717, 1.165) is 11.1 Å². The minimum Gasteiger partial charge on any atom is -0.399 e. The third kappa shape index (κ3) is 1.36. The summed E-state index contributed by atoms with van der Waals surface area (Å²) >= 11 is 5.87. The minimum absolute atomic E-state index is 0.587. The van der Waals surface area contributed by atoms with E-state index in [2.05, 4.69) is 0 Å². The third-order valence-electron chi connectivity index (χ3n) is 1.79. The summed E-state index contributed by atoms with van der Waals surface area (Å²) in [7, 11) is 5.67. The Balaban J connectivity index is 3.46. The van der Waals surface area contributed by atoms with Crippen LogP contribution in [0.15, 0.2) is 6.07 Å². The highest BCUT2D eigenvalue weighted by atomic mass is 35.5. The van der Waals surface area contributed by atoms with Gasteiger partial charge in [0.15, 0.2) is 0 Å². The van der Waals surface area contributed by atoms with Gasteiger partial charge in [0.05, 0.1) is 0 Å². The van der Waals surface area contributed by atoms with E-state index in [1.54, 1.807) is 0 Å². The maximum atomic E-state index is 5.87. The largest absolute Gasteiger partial charge is 0.399 e. The number of halogens is 1. The van der Waals surface area contributed by atoms with E-state index in [1.807, 2.05) is 19.9 Å². The van der Waals surface area contributed by atoms with E-state index in [-0.39, 0.29) is 0 Å². The van der Waals surface area contributed by atoms with Gasteiger partial charge in [-0.05, 0) is 31.0 Å². The number of hydrogen-bond donors (Lipinski definition) is 1. The van der Waals surface area contributed by atoms with Crippen LogP contribution in [0.2, 0.25) is 5.02 Å². The first kappa shape index (κ1) is 8.47. The van der Waals surface area contributed by atoms with Crippen molar-refractivity contribution < 1.29 is 0 Å². The molecule has 0 bridgehead atoms. The smallest absolute Gasteiger partial charge is 0.116 e. The fraction of sp³-hybridized carbons (Fsp3) is 0.250. The lowest BCUT2D eigenvalue weighted by molar-refractivity contribution is 1.43. The van der Waals surface area contributed by atoms with Crippen LogP contribution in [0, 0.1) is 13.8 Å². The maximum absolute atomic E-state index is 5.87. The molecule has 2 radical (unpaired) electrons. The highest BCUT2D eigenvalue weighted by molar-refractivity contribution is 6.46. The van der Waals surface area contributed by atoms with Crippen molar-refractivity contribution in [1.29, 1.82) is 0 Å². The van der Waals surface area contributed by atoms with Gasteiger partial charge in [0.25, 0.3) is 0 Å². The third-order valence-corrected chi connectivity index (χ3v) is 2.29. The molecule has 0 heterocycles. The van der Waals surface area contributed by atoms with Crippen LogP contribution in [0.4, 0.5) is 5.69 Å². The zero-order valence-corrected chi connectivity index (χ0v) is 7.37. The summed E-state index contributed by atoms with van der Waals surface area (Å²) in [5.41, 5.74) is 8.72. The molecule has 1 rings (SSSR count). The van der Waals surface area contributed by atoms with Crippen molar-refractivity contribution in [2.24, 2.45) is 0 Å². The molecular formula is C8H9BClN. The first-order valence-electron chi connectivity index (χ1n) is 3.34. The summed E-state index contributed by atoms with van der Waals surface area (Å²) in [6.45, 7) is 3.74. The molecule has 0 spiro atoms. The Morgan fingerprint density at radius 1 is 1.45 bits per heavy atom. The first-order chi connectivity index (χ1) is 5.04. The highest BCUT2D eigenvalue weighted by Crippen LogP contribution is 2.18. The summed E-state index contributed by atoms with van der Waals surface area (Å²) in [6.07, 6.45) is 0. The van der Waals surface area contributed by atoms with Crippen molar-refractivity contribution in [3.63, 3.8) is 0 Å². The van der Waals surface area contributed by atoms with Gasteiger partial charge in [-0.2, -0.15) is 0 Å². The van der Waals surface area contributed by atoms with Crippen LogP contribution in [0.3, 0.4) is 0 Å². The van der Waals surface area contributed by atoms with Crippen LogP contribution in [0.5, 0.6) is 0 Å². The minimum atomic E-state index is 0.587. The van der Waals surface area contributed by atoms with Gasteiger partial charge in [-0.15, -0.1) is 0 Å². The van der Waals surface area contributed by atoms with E-state index >= 15 is 0 Å². The molecular weight excluding hydrogens is 156 g/mol. The van der Waals surface area contributed by atoms with Gasteiger partial charge in [-0.1, -0.05) is 17.1 Å². The Morgan fingerprint density at radius 3 is 2.55 bits per heavy atom. The average molecular weight is 165 g/mol. The molecule has 0 unspecified atom stereocenters. The van der Waals surface area contributed by atoms with Gasteiger partial charge in [-0.25, -0.2) is 0 Å². The molecule has 56 valence electrons. The second kappa shape index (κ2) is 2.78. The van der Waals surface area contributed by atoms with E-state index in [4.69, 9.17) is 25.2 Å². The molecule has 0 saturated heterocycles. The molecule has 1 nitrogen and oxygen atoms in total. The molecule has 0 fully saturated rings. The van der Waals surface area contributed by atoms with Crippen LogP contribution < -0.4 is 11.2 Å². The van der Waals surface area contributed by atoms with Crippen molar-refractivity contribution in [2.75, 3.05) is 5.73 Å². The topological polar surface area (TPSA) is 26.0 Å². The van der Waals surface area contributed by atoms with Gasteiger partial charge in [0, 0.05) is 10.7 Å². The SMILES string of the molecule is [B]c1c(C)c(N)cc(C)c1Cl. The molecule has 0 saturated carbocycles. The van der Waals surface area contributed by atoms with Gasteiger partial charge in [-0.3, -0.25) is 0 Å². The number of hydrogen-bond acceptors (Lipinski definition) is 1. The summed E-state index contributed by atoms with van der Waals surface area (Å²) < 4.78 is 0. The Labute approximate surface area is 73.0 Å². The number of aryl methyl sites for hydroxylation is 1. The van der Waals surface area contributed by atoms with Crippen LogP contribution in [0.25, 0.3) is 0 Å². The van der Waals surface area contributed by atoms with Crippen molar-refractivity contribution in [3.05, 3.63) is 22.2 Å². The zero-order chi connectivity index (χ0) is 8.59. The lowest BCUT2D eigenvalue weighted by Crippen LogP contribution is -2.12. The molecule has 11 heavy (non-hydrogen) atoms. The Morgan fingerprint density at radius 2 is 2.00 bits per heavy atom. The van der Waals surface area contributed by atoms with Crippen molar-refractivity contribution in [1.82, 2.24) is 0 Å². The van der Waals surface area contributed by atoms with E-state index in [0.29, 0.717) is 16.2 Å². The van der Waals surface area contributed by atoms with E-state index in [1.165, 1.54) is 0 Å². The van der Waals surface area contributed by atoms with E-state index in [9.17, 15) is 0 Å². The maximum Gasteiger partial charge on any atom is 0.116 e. The van der Waals surface area contributed by atoms with Crippen molar-refractivity contribution in [3.8, 4) is 0 Å². The molecule has 0 aliphatic rings. The molecule has 2 N–H and O–H groups in total. The van der Waals surface area contributed by atoms with Crippen molar-refractivity contribution in [2.45, 2.75) is 13.8 Å². The second-order valence-corrected chi connectivity index (χ2v) is 3.01. The van der Waals surface area contributed by atoms with Gasteiger partial charge in [0.2, 0.25) is 0 Å². The number of nitrogen functional groups attached to an aromatic ring is 1. The fourth-order valence-electron chi connectivity index (χ4n) is 0.937. The lowest BCUT2D eigenvalue weighted by Gasteiger charge is -2.09. The first-order valence-corrected chi connectivity index (χ1v) is 3.72. The molecule has 0 aromatic heterocycles. The highest BCUT2D eigenvalue weighted by Gasteiger charge is 2.04. The Bertz CT molecular complexity index is 270. The zero-order valence-electron chi connectivity index (χ0n) is 6.61. The summed E-state index contributed by atoms with van der Waals surface area (Å²) in [4.78, 5) is 0. The predicted molar refractivity (Wildman–Crippen MR) is 50.7 cm³/mol. The van der Waals surface area contributed by atoms with E-state index < -0.39 is 0 Å². The second-order valence-electron chi connectivity index (χ2n) is 2.64. The monoisotopic (exact) mass is 165 g/mol. The molecule has 0 amide bonds. The molecule has 1 aromatic carbocycles. The van der Waals surface area contributed by atoms with Gasteiger partial charge in [0.1, 0.15) is 7.85 Å². The Hall–Kier alpha value is -0.625. The van der Waals surface area contributed by atoms with Gasteiger partial charge < -0.3 is 5.73 Å². The lowest BCUT2D eigenvalue weighted by atomic mass is 9.88. The molecule has 0 aliphatic carbocycles. The predicted octanol–water partition coefficient (Wildman–Crippen LogP) is 1.33. The molecule has 0 atom stereocenters. The van der Waals surface area contributed by atoms with Crippen LogP contribution >= 0.6 is 11.6 Å². The van der Waals surface area contributed by atoms with Crippen LogP contribution in [0.1, 0.15) is 11.1 Å². The summed E-state index contributed by atoms with van der Waals surface area (Å²) in [5, 5.41) is 0.608. The Kier molecular flexibility index (Phi) is 2.14. The molecule has 0 aliphatic heterocycles. The number of nitrogens with two attached hydrogens (primary N) is 1. The number of benzene rings is 1. The quantitative estimate of drug-likeness (QED) is 0.456. The molecule has 3 heteroatoms. The number of anilines is 1. The molecule has 1 aromatic rings. The number of rotatable bonds is 0. The van der Waals surface area contributed by atoms with Crippen LogP contribution in [-0.2, 0) is 0 Å². The summed E-state index contributed by atoms with van der Waals surface area (Å²) in [6, 6.07) is 1.83. The fourth-order valence-corrected chi connectivity index (χ4v) is 1.13. The standard InChI is InChI=1S/C8H9BClN/c1-4-3-6(11)5(2)7(9)8(4)10/h3H,11H2,1-2H3. The average Bonchev–Trinajstić information content (AvgIpc) is 1.97. The van der Waals surface area contributed by atoms with Gasteiger partial charge >= 0.3 is 0 Å². The van der Waals surface area contributed by atoms with Crippen molar-refractivity contribution >= 4 is 30.6 Å². The summed E-state index contributed by atoms with van der Waals surface area (Å²) in [5.74, 6) is 0.